The Morgan fingerprint density at radius 1 is 1.24 bits per heavy atom. The van der Waals surface area contributed by atoms with E-state index in [1.165, 1.54) is 13.3 Å². The number of imidazole rings is 1. The zero-order chi connectivity index (χ0) is 21.3. The van der Waals surface area contributed by atoms with Gasteiger partial charge < -0.3 is 13.8 Å². The van der Waals surface area contributed by atoms with Gasteiger partial charge >= 0.3 is 7.60 Å². The van der Waals surface area contributed by atoms with Crippen molar-refractivity contribution in [2.24, 2.45) is 0 Å². The molecule has 0 saturated heterocycles. The first-order valence-corrected chi connectivity index (χ1v) is 11.3. The van der Waals surface area contributed by atoms with Crippen LogP contribution in [0.25, 0.3) is 11.2 Å². The molecule has 2 rings (SSSR count). The molecule has 0 radical (unpaired) electrons. The van der Waals surface area contributed by atoms with Crippen molar-refractivity contribution in [3.05, 3.63) is 16.7 Å². The van der Waals surface area contributed by atoms with E-state index in [1.54, 1.807) is 18.4 Å². The summed E-state index contributed by atoms with van der Waals surface area (Å²) in [5.74, 6) is -0.280. The number of nitrogens with one attached hydrogen (secondary N) is 2. The first-order chi connectivity index (χ1) is 13.9. The van der Waals surface area contributed by atoms with Gasteiger partial charge in [0.1, 0.15) is 6.73 Å². The smallest absolute Gasteiger partial charge is 0.330 e. The molecule has 0 aliphatic heterocycles. The van der Waals surface area contributed by atoms with Crippen LogP contribution in [0.5, 0.6) is 0 Å². The van der Waals surface area contributed by atoms with Crippen LogP contribution >= 0.6 is 7.60 Å². The lowest BCUT2D eigenvalue weighted by Crippen LogP contribution is -2.17. The average molecular weight is 429 g/mol. The molecule has 0 unspecified atom stereocenters. The fraction of sp³-hybridized carbons (Fsp3) is 0.647. The van der Waals surface area contributed by atoms with Crippen LogP contribution in [0.4, 0.5) is 5.95 Å². The molecule has 12 heteroatoms. The second-order valence-electron chi connectivity index (χ2n) is 6.25. The van der Waals surface area contributed by atoms with E-state index in [4.69, 9.17) is 13.8 Å². The van der Waals surface area contributed by atoms with E-state index < -0.39 is 13.2 Å². The topological polar surface area (TPSA) is 137 Å². The molecule has 0 aliphatic carbocycles. The Labute approximate surface area is 168 Å². The normalized spacial score (nSPS) is 11.8. The number of hydrogen-bond donors (Lipinski definition) is 2. The van der Waals surface area contributed by atoms with Gasteiger partial charge in [-0.15, -0.1) is 0 Å². The van der Waals surface area contributed by atoms with Crippen LogP contribution in [-0.2, 0) is 29.9 Å². The summed E-state index contributed by atoms with van der Waals surface area (Å²) in [6, 6.07) is 0. The Kier molecular flexibility index (Phi) is 8.97. The lowest BCUT2D eigenvalue weighted by atomic mass is 10.3. The van der Waals surface area contributed by atoms with E-state index in [9.17, 15) is 14.2 Å². The molecule has 0 aliphatic rings. The number of unbranched alkanes of at least 4 members (excludes halogenated alkanes) is 2. The molecular formula is C17H28N5O6P. The van der Waals surface area contributed by atoms with E-state index in [0.717, 1.165) is 12.8 Å². The third kappa shape index (κ3) is 7.04. The highest BCUT2D eigenvalue weighted by molar-refractivity contribution is 7.53. The number of nitrogens with zero attached hydrogens (tertiary/aromatic N) is 3. The van der Waals surface area contributed by atoms with Gasteiger partial charge in [-0.2, -0.15) is 4.98 Å². The van der Waals surface area contributed by atoms with Gasteiger partial charge in [0.25, 0.3) is 5.56 Å². The molecule has 2 heterocycles. The fourth-order valence-corrected chi connectivity index (χ4v) is 4.41. The van der Waals surface area contributed by atoms with Gasteiger partial charge in [-0.3, -0.25) is 29.0 Å². The second-order valence-corrected chi connectivity index (χ2v) is 8.44. The zero-order valence-corrected chi connectivity index (χ0v) is 17.9. The SMILES string of the molecule is CCOP(=O)(CCCCCOCn1cnc2c(=O)[nH]c(NC(C)=O)nc21)OCC. The Hall–Kier alpha value is -2.07. The number of carbonyl (C=O) groups is 1. The van der Waals surface area contributed by atoms with Gasteiger partial charge in [0.2, 0.25) is 11.9 Å². The molecule has 1 amide bonds. The van der Waals surface area contributed by atoms with Crippen molar-refractivity contribution in [1.29, 1.82) is 0 Å². The van der Waals surface area contributed by atoms with Crippen LogP contribution in [0.15, 0.2) is 11.1 Å². The summed E-state index contributed by atoms with van der Waals surface area (Å²) in [4.78, 5) is 33.9. The number of H-pyrrole nitrogens is 1. The van der Waals surface area contributed by atoms with Crippen molar-refractivity contribution in [2.45, 2.75) is 46.8 Å². The molecule has 0 bridgehead atoms. The van der Waals surface area contributed by atoms with Gasteiger partial charge in [-0.25, -0.2) is 4.98 Å². The quantitative estimate of drug-likeness (QED) is 0.366. The van der Waals surface area contributed by atoms with Crippen molar-refractivity contribution < 1.29 is 23.1 Å². The third-order valence-electron chi connectivity index (χ3n) is 3.87. The maximum atomic E-state index is 12.4. The highest BCUT2D eigenvalue weighted by Gasteiger charge is 2.22. The number of hydrogen-bond acceptors (Lipinski definition) is 8. The molecular weight excluding hydrogens is 401 g/mol. The maximum absolute atomic E-state index is 12.4. The third-order valence-corrected chi connectivity index (χ3v) is 6.04. The molecule has 2 N–H and O–H groups in total. The average Bonchev–Trinajstić information content (AvgIpc) is 3.04. The molecule has 0 aromatic carbocycles. The maximum Gasteiger partial charge on any atom is 0.330 e. The largest absolute Gasteiger partial charge is 0.361 e. The van der Waals surface area contributed by atoms with Crippen LogP contribution in [0, 0.1) is 0 Å². The molecule has 11 nitrogen and oxygen atoms in total. The van der Waals surface area contributed by atoms with Crippen molar-refractivity contribution in [2.75, 3.05) is 31.3 Å². The summed E-state index contributed by atoms with van der Waals surface area (Å²) < 4.78 is 30.1. The van der Waals surface area contributed by atoms with Crippen LogP contribution in [0.1, 0.15) is 40.0 Å². The lowest BCUT2D eigenvalue weighted by Gasteiger charge is -2.16. The molecule has 2 aromatic heterocycles. The highest BCUT2D eigenvalue weighted by Crippen LogP contribution is 2.48. The van der Waals surface area contributed by atoms with Crippen LogP contribution in [0.3, 0.4) is 0 Å². The number of ether oxygens (including phenoxy) is 1. The summed E-state index contributed by atoms with van der Waals surface area (Å²) >= 11 is 0. The summed E-state index contributed by atoms with van der Waals surface area (Å²) in [5.41, 5.74) is 0.0581. The molecule has 0 saturated carbocycles. The molecule has 0 fully saturated rings. The molecule has 0 atom stereocenters. The highest BCUT2D eigenvalue weighted by atomic mass is 31.2. The molecule has 29 heavy (non-hydrogen) atoms. The van der Waals surface area contributed by atoms with Gasteiger partial charge in [-0.05, 0) is 26.7 Å². The fourth-order valence-electron chi connectivity index (χ4n) is 2.68. The first-order valence-electron chi connectivity index (χ1n) is 9.57. The van der Waals surface area contributed by atoms with E-state index >= 15 is 0 Å². The summed E-state index contributed by atoms with van der Waals surface area (Å²) in [6.07, 6.45) is 4.16. The number of amides is 1. The Balaban J connectivity index is 1.80. The van der Waals surface area contributed by atoms with E-state index in [0.29, 0.717) is 38.1 Å². The van der Waals surface area contributed by atoms with Gasteiger partial charge in [0.15, 0.2) is 11.2 Å². The number of aromatic amines is 1. The number of carbonyl (C=O) groups excluding carboxylic acids is 1. The number of anilines is 1. The molecule has 162 valence electrons. The van der Waals surface area contributed by atoms with Crippen molar-refractivity contribution >= 4 is 30.6 Å². The van der Waals surface area contributed by atoms with Crippen molar-refractivity contribution in [1.82, 2.24) is 19.5 Å². The monoisotopic (exact) mass is 429 g/mol. The Bertz CT molecular complexity index is 901. The van der Waals surface area contributed by atoms with Crippen LogP contribution in [0.2, 0.25) is 0 Å². The molecule has 0 spiro atoms. The van der Waals surface area contributed by atoms with Gasteiger partial charge in [-0.1, -0.05) is 6.42 Å². The minimum absolute atomic E-state index is 0.0600. The lowest BCUT2D eigenvalue weighted by molar-refractivity contribution is -0.114. The van der Waals surface area contributed by atoms with E-state index in [-0.39, 0.29) is 24.1 Å². The first kappa shape index (κ1) is 23.2. The van der Waals surface area contributed by atoms with E-state index in [2.05, 4.69) is 20.3 Å². The van der Waals surface area contributed by atoms with Gasteiger partial charge in [0, 0.05) is 13.5 Å². The zero-order valence-electron chi connectivity index (χ0n) is 17.0. The predicted octanol–water partition coefficient (Wildman–Crippen LogP) is 2.49. The number of aromatic nitrogens is 4. The summed E-state index contributed by atoms with van der Waals surface area (Å²) in [7, 11) is -2.99. The number of fused-ring (bicyclic) bond motifs is 1. The van der Waals surface area contributed by atoms with E-state index in [1.807, 2.05) is 0 Å². The minimum atomic E-state index is -2.99. The van der Waals surface area contributed by atoms with Crippen LogP contribution < -0.4 is 10.9 Å². The van der Waals surface area contributed by atoms with Crippen molar-refractivity contribution in [3.8, 4) is 0 Å². The minimum Gasteiger partial charge on any atom is -0.361 e. The summed E-state index contributed by atoms with van der Waals surface area (Å²) in [5, 5.41) is 2.44. The van der Waals surface area contributed by atoms with Gasteiger partial charge in [0.05, 0.1) is 25.7 Å². The van der Waals surface area contributed by atoms with Crippen molar-refractivity contribution in [3.63, 3.8) is 0 Å². The molecule has 2 aromatic rings. The Morgan fingerprint density at radius 2 is 1.97 bits per heavy atom. The predicted molar refractivity (Wildman–Crippen MR) is 108 cm³/mol. The summed E-state index contributed by atoms with van der Waals surface area (Å²) in [6.45, 7) is 6.28. The standard InChI is InChI=1S/C17H28N5O6P/c1-4-27-29(25,28-5-2)10-8-6-7-9-26-12-22-11-18-14-15(22)20-17(19-13(3)23)21-16(14)24/h11H,4-10,12H2,1-3H3,(H2,19,20,21,23,24). The Morgan fingerprint density at radius 3 is 2.62 bits per heavy atom. The number of rotatable bonds is 13. The second kappa shape index (κ2) is 11.2. The van der Waals surface area contributed by atoms with Crippen LogP contribution in [-0.4, -0.2) is 51.4 Å².